The summed E-state index contributed by atoms with van der Waals surface area (Å²) in [6.45, 7) is 4.01. The van der Waals surface area contributed by atoms with E-state index in [0.29, 0.717) is 11.1 Å². The zero-order valence-corrected chi connectivity index (χ0v) is 11.4. The zero-order valence-electron chi connectivity index (χ0n) is 11.4. The maximum absolute atomic E-state index is 12.0. The molecule has 0 aromatic carbocycles. The average molecular weight is 274 g/mol. The molecular formula is C15H16NO4. The van der Waals surface area contributed by atoms with Crippen molar-refractivity contribution in [3.05, 3.63) is 54.6 Å². The predicted molar refractivity (Wildman–Crippen MR) is 72.3 cm³/mol. The summed E-state index contributed by atoms with van der Waals surface area (Å²) in [6, 6.07) is 0. The lowest BCUT2D eigenvalue weighted by atomic mass is 9.94. The second kappa shape index (κ2) is 6.59. The summed E-state index contributed by atoms with van der Waals surface area (Å²) in [6.07, 6.45) is 8.81. The van der Waals surface area contributed by atoms with Crippen LogP contribution >= 0.6 is 0 Å². The number of ether oxygens (including phenoxy) is 2. The van der Waals surface area contributed by atoms with Crippen LogP contribution in [0.15, 0.2) is 6.20 Å². The number of rotatable bonds is 5. The van der Waals surface area contributed by atoms with E-state index in [-0.39, 0.29) is 18.9 Å². The number of hydrogen-bond donors (Lipinski definition) is 1. The molecule has 20 heavy (non-hydrogen) atoms. The van der Waals surface area contributed by atoms with E-state index in [1.807, 2.05) is 25.7 Å². The molecule has 0 atom stereocenters. The molecule has 1 aliphatic carbocycles. The van der Waals surface area contributed by atoms with E-state index < -0.39 is 11.9 Å². The van der Waals surface area contributed by atoms with Crippen molar-refractivity contribution in [1.29, 1.82) is 0 Å². The van der Waals surface area contributed by atoms with Crippen LogP contribution in [0.1, 0.15) is 40.3 Å². The van der Waals surface area contributed by atoms with E-state index in [9.17, 15) is 9.59 Å². The first-order valence-electron chi connectivity index (χ1n) is 6.46. The average Bonchev–Trinajstić information content (AvgIpc) is 3.08. The van der Waals surface area contributed by atoms with Gasteiger partial charge in [-0.15, -0.1) is 0 Å². The van der Waals surface area contributed by atoms with Gasteiger partial charge in [-0.1, -0.05) is 0 Å². The molecule has 5 heteroatoms. The molecule has 0 unspecified atom stereocenters. The smallest absolute Gasteiger partial charge is 0.355 e. The van der Waals surface area contributed by atoms with Crippen molar-refractivity contribution >= 4 is 11.9 Å². The molecule has 0 spiro atoms. The summed E-state index contributed by atoms with van der Waals surface area (Å²) in [4.78, 5) is 26.7. The fourth-order valence-electron chi connectivity index (χ4n) is 2.00. The minimum absolute atomic E-state index is 0.265. The van der Waals surface area contributed by atoms with Gasteiger partial charge >= 0.3 is 11.9 Å². The van der Waals surface area contributed by atoms with Crippen molar-refractivity contribution in [1.82, 2.24) is 4.98 Å². The standard InChI is InChI=1S/C15H16NO4/c1-3-19-14(17)11-9-16-13(15(18)20-4-2)12(11)10-7-5-6-8-10/h5-9,16H,3-4H2,1-2H3. The highest BCUT2D eigenvalue weighted by molar-refractivity contribution is 5.99. The molecule has 1 aromatic rings. The highest BCUT2D eigenvalue weighted by Crippen LogP contribution is 2.35. The van der Waals surface area contributed by atoms with E-state index >= 15 is 0 Å². The van der Waals surface area contributed by atoms with Crippen LogP contribution in [0.3, 0.4) is 0 Å². The second-order valence-electron chi connectivity index (χ2n) is 4.07. The predicted octanol–water partition coefficient (Wildman–Crippen LogP) is 2.12. The molecule has 105 valence electrons. The number of H-pyrrole nitrogens is 1. The number of hydrogen-bond acceptors (Lipinski definition) is 4. The highest BCUT2D eigenvalue weighted by atomic mass is 16.5. The Morgan fingerprint density at radius 2 is 1.65 bits per heavy atom. The van der Waals surface area contributed by atoms with Crippen LogP contribution < -0.4 is 0 Å². The van der Waals surface area contributed by atoms with Crippen LogP contribution in [0.5, 0.6) is 0 Å². The number of aromatic amines is 1. The van der Waals surface area contributed by atoms with Gasteiger partial charge in [0.25, 0.3) is 0 Å². The Bertz CT molecular complexity index is 451. The Kier molecular flexibility index (Phi) is 4.82. The van der Waals surface area contributed by atoms with E-state index in [4.69, 9.17) is 9.47 Å². The molecule has 1 saturated carbocycles. The van der Waals surface area contributed by atoms with Crippen LogP contribution in [0, 0.1) is 31.6 Å². The molecule has 1 N–H and O–H groups in total. The van der Waals surface area contributed by atoms with Crippen LogP contribution in [0.2, 0.25) is 0 Å². The molecule has 0 saturated heterocycles. The van der Waals surface area contributed by atoms with Gasteiger partial charge in [-0.05, 0) is 39.5 Å². The van der Waals surface area contributed by atoms with E-state index in [0.717, 1.165) is 5.92 Å². The minimum Gasteiger partial charge on any atom is -0.462 e. The first-order chi connectivity index (χ1) is 9.69. The molecule has 5 nitrogen and oxygen atoms in total. The lowest BCUT2D eigenvalue weighted by Crippen LogP contribution is -2.13. The van der Waals surface area contributed by atoms with Crippen molar-refractivity contribution < 1.29 is 19.1 Å². The molecule has 1 heterocycles. The third-order valence-electron chi connectivity index (χ3n) is 2.81. The highest BCUT2D eigenvalue weighted by Gasteiger charge is 2.31. The monoisotopic (exact) mass is 274 g/mol. The summed E-state index contributed by atoms with van der Waals surface area (Å²) in [5, 5.41) is 0. The largest absolute Gasteiger partial charge is 0.462 e. The van der Waals surface area contributed by atoms with Crippen LogP contribution in [-0.4, -0.2) is 30.1 Å². The molecule has 1 aromatic heterocycles. The van der Waals surface area contributed by atoms with Crippen molar-refractivity contribution in [2.45, 2.75) is 13.8 Å². The first kappa shape index (κ1) is 14.6. The fraction of sp³-hybridized carbons (Fsp3) is 0.267. The summed E-state index contributed by atoms with van der Waals surface area (Å²) in [7, 11) is 0. The minimum atomic E-state index is -0.487. The van der Waals surface area contributed by atoms with Gasteiger partial charge in [-0.25, -0.2) is 9.59 Å². The first-order valence-corrected chi connectivity index (χ1v) is 6.46. The molecule has 0 amide bonds. The van der Waals surface area contributed by atoms with Crippen molar-refractivity contribution in [3.63, 3.8) is 0 Å². The van der Waals surface area contributed by atoms with Gasteiger partial charge in [0.1, 0.15) is 5.69 Å². The SMILES string of the molecule is CCOC(=O)c1c[nH]c(C(=O)OCC)c1[C]1[CH][CH][CH][CH]1. The van der Waals surface area contributed by atoms with Crippen LogP contribution in [0.25, 0.3) is 0 Å². The number of carbonyl (C=O) groups excluding carboxylic acids is 2. The summed E-state index contributed by atoms with van der Waals surface area (Å²) in [5.74, 6) is -0.174. The maximum atomic E-state index is 12.0. The molecule has 1 aliphatic rings. The van der Waals surface area contributed by atoms with Gasteiger partial charge in [0.05, 0.1) is 18.8 Å². The molecule has 1 fully saturated rings. The van der Waals surface area contributed by atoms with Crippen LogP contribution in [-0.2, 0) is 9.47 Å². The number of nitrogens with one attached hydrogen (secondary N) is 1. The molecule has 5 radical (unpaired) electrons. The normalized spacial score (nSPS) is 15.3. The van der Waals surface area contributed by atoms with Crippen molar-refractivity contribution in [2.75, 3.05) is 13.2 Å². The van der Waals surface area contributed by atoms with Gasteiger partial charge in [0.2, 0.25) is 0 Å². The van der Waals surface area contributed by atoms with E-state index in [1.54, 1.807) is 13.8 Å². The summed E-state index contributed by atoms with van der Waals surface area (Å²) >= 11 is 0. The topological polar surface area (TPSA) is 68.4 Å². The van der Waals surface area contributed by atoms with E-state index in [1.165, 1.54) is 6.20 Å². The Balaban J connectivity index is 2.36. The second-order valence-corrected chi connectivity index (χ2v) is 4.07. The van der Waals surface area contributed by atoms with Gasteiger partial charge < -0.3 is 14.5 Å². The quantitative estimate of drug-likeness (QED) is 0.835. The lowest BCUT2D eigenvalue weighted by Gasteiger charge is -2.11. The third kappa shape index (κ3) is 2.86. The van der Waals surface area contributed by atoms with Crippen molar-refractivity contribution in [3.8, 4) is 0 Å². The van der Waals surface area contributed by atoms with Gasteiger partial charge in [0.15, 0.2) is 0 Å². The Labute approximate surface area is 118 Å². The molecule has 0 aliphatic heterocycles. The third-order valence-corrected chi connectivity index (χ3v) is 2.81. The number of esters is 2. The Morgan fingerprint density at radius 3 is 2.25 bits per heavy atom. The lowest BCUT2D eigenvalue weighted by molar-refractivity contribution is 0.0518. The molecule has 2 rings (SSSR count). The summed E-state index contributed by atoms with van der Waals surface area (Å²) < 4.78 is 10.0. The number of aromatic nitrogens is 1. The summed E-state index contributed by atoms with van der Waals surface area (Å²) in [5.41, 5.74) is 1.12. The Morgan fingerprint density at radius 1 is 1.05 bits per heavy atom. The van der Waals surface area contributed by atoms with Crippen molar-refractivity contribution in [2.24, 2.45) is 0 Å². The van der Waals surface area contributed by atoms with E-state index in [2.05, 4.69) is 4.98 Å². The van der Waals surface area contributed by atoms with Gasteiger partial charge in [-0.3, -0.25) is 0 Å². The zero-order chi connectivity index (χ0) is 14.5. The fourth-order valence-corrected chi connectivity index (χ4v) is 2.00. The molecular weight excluding hydrogens is 258 g/mol. The number of carbonyl (C=O) groups is 2. The Hall–Kier alpha value is -1.78. The maximum Gasteiger partial charge on any atom is 0.355 e. The van der Waals surface area contributed by atoms with Crippen LogP contribution in [0.4, 0.5) is 0 Å². The van der Waals surface area contributed by atoms with Gasteiger partial charge in [0, 0.05) is 17.7 Å². The molecule has 0 bridgehead atoms. The van der Waals surface area contributed by atoms with Gasteiger partial charge in [-0.2, -0.15) is 0 Å².